The lowest BCUT2D eigenvalue weighted by Gasteiger charge is -2.29. The first-order valence-corrected chi connectivity index (χ1v) is 13.1. The van der Waals surface area contributed by atoms with E-state index >= 15 is 0 Å². The van der Waals surface area contributed by atoms with Crippen molar-refractivity contribution in [3.05, 3.63) is 70.0 Å². The number of fused-ring (bicyclic) bond motifs is 1. The molecule has 2 aliphatic rings. The van der Waals surface area contributed by atoms with Gasteiger partial charge in [0.05, 0.1) is 44.4 Å². The Labute approximate surface area is 224 Å². The Kier molecular flexibility index (Phi) is 6.36. The van der Waals surface area contributed by atoms with Crippen molar-refractivity contribution in [3.8, 4) is 16.9 Å². The van der Waals surface area contributed by atoms with Gasteiger partial charge in [-0.2, -0.15) is 0 Å². The summed E-state index contributed by atoms with van der Waals surface area (Å²) in [7, 11) is 0. The number of benzene rings is 2. The normalized spacial score (nSPS) is 15.7. The van der Waals surface area contributed by atoms with E-state index in [1.54, 1.807) is 12.1 Å². The molecule has 4 aromatic rings. The molecule has 1 aliphatic carbocycles. The number of aldehydes is 1. The van der Waals surface area contributed by atoms with Gasteiger partial charge in [-0.25, -0.2) is 4.98 Å². The molecule has 0 amide bonds. The molecule has 2 fully saturated rings. The van der Waals surface area contributed by atoms with Gasteiger partial charge in [0, 0.05) is 37.5 Å². The fraction of sp³-hybridized carbons (Fsp3) is 0.250. The molecule has 3 heterocycles. The number of hydrogen-bond acceptors (Lipinski definition) is 7. The minimum Gasteiger partial charge on any atom is -0.505 e. The number of halogens is 2. The zero-order chi connectivity index (χ0) is 25.5. The lowest BCUT2D eigenvalue weighted by Crippen LogP contribution is -2.43. The number of carbonyl (C=O) groups is 1. The van der Waals surface area contributed by atoms with Crippen LogP contribution in [0.1, 0.15) is 34.8 Å². The van der Waals surface area contributed by atoms with Crippen LogP contribution in [0.2, 0.25) is 10.0 Å². The number of carbonyl (C=O) groups excluding carboxylic acids is 1. The van der Waals surface area contributed by atoms with Gasteiger partial charge in [-0.15, -0.1) is 0 Å². The molecular formula is C28H25Cl2N5O2. The summed E-state index contributed by atoms with van der Waals surface area (Å²) in [6.07, 6.45) is 4.81. The summed E-state index contributed by atoms with van der Waals surface area (Å²) in [6.45, 7) is 3.79. The lowest BCUT2D eigenvalue weighted by atomic mass is 9.99. The van der Waals surface area contributed by atoms with Gasteiger partial charge < -0.3 is 20.6 Å². The van der Waals surface area contributed by atoms with Crippen molar-refractivity contribution in [3.63, 3.8) is 0 Å². The minimum atomic E-state index is -0.149. The number of pyridine rings is 2. The highest BCUT2D eigenvalue weighted by Crippen LogP contribution is 2.45. The fourth-order valence-corrected chi connectivity index (χ4v) is 5.32. The minimum absolute atomic E-state index is 0.149. The maximum Gasteiger partial charge on any atom is 0.154 e. The average molecular weight is 534 g/mol. The third-order valence-corrected chi connectivity index (χ3v) is 7.54. The van der Waals surface area contributed by atoms with E-state index in [0.717, 1.165) is 78.7 Å². The Hall–Kier alpha value is -3.39. The predicted octanol–water partition coefficient (Wildman–Crippen LogP) is 6.15. The number of rotatable bonds is 6. The second-order valence-corrected chi connectivity index (χ2v) is 10.3. The molecule has 2 aromatic carbocycles. The van der Waals surface area contributed by atoms with Crippen molar-refractivity contribution in [2.24, 2.45) is 0 Å². The number of nitrogens with one attached hydrogen (secondary N) is 2. The average Bonchev–Trinajstić information content (AvgIpc) is 3.77. The van der Waals surface area contributed by atoms with Gasteiger partial charge in [0.15, 0.2) is 12.0 Å². The van der Waals surface area contributed by atoms with Crippen LogP contribution < -0.4 is 15.5 Å². The van der Waals surface area contributed by atoms with Crippen LogP contribution in [-0.2, 0) is 0 Å². The molecular weight excluding hydrogens is 509 g/mol. The first-order valence-electron chi connectivity index (χ1n) is 12.3. The first kappa shape index (κ1) is 24.0. The Morgan fingerprint density at radius 2 is 1.78 bits per heavy atom. The number of aromatic nitrogens is 2. The van der Waals surface area contributed by atoms with Gasteiger partial charge in [-0.1, -0.05) is 29.3 Å². The fourth-order valence-electron chi connectivity index (χ4n) is 4.83. The summed E-state index contributed by atoms with van der Waals surface area (Å²) >= 11 is 12.4. The van der Waals surface area contributed by atoms with Crippen molar-refractivity contribution in [2.45, 2.75) is 18.8 Å². The Bertz CT molecular complexity index is 1480. The van der Waals surface area contributed by atoms with E-state index in [0.29, 0.717) is 23.0 Å². The van der Waals surface area contributed by atoms with Gasteiger partial charge in [0.2, 0.25) is 0 Å². The van der Waals surface area contributed by atoms with Crippen LogP contribution in [0.4, 0.5) is 17.2 Å². The molecule has 0 atom stereocenters. The third kappa shape index (κ3) is 4.70. The summed E-state index contributed by atoms with van der Waals surface area (Å²) in [5.74, 6) is 0.796. The molecule has 0 radical (unpaired) electrons. The van der Waals surface area contributed by atoms with Crippen molar-refractivity contribution < 1.29 is 9.90 Å². The van der Waals surface area contributed by atoms with Crippen LogP contribution in [0.5, 0.6) is 5.75 Å². The molecule has 2 aromatic heterocycles. The maximum atomic E-state index is 12.4. The summed E-state index contributed by atoms with van der Waals surface area (Å²) < 4.78 is 0. The zero-order valence-electron chi connectivity index (χ0n) is 20.0. The van der Waals surface area contributed by atoms with Gasteiger partial charge in [-0.05, 0) is 60.4 Å². The number of nitrogens with zero attached hydrogens (tertiary/aromatic N) is 3. The van der Waals surface area contributed by atoms with Crippen LogP contribution in [0.3, 0.4) is 0 Å². The Morgan fingerprint density at radius 3 is 2.43 bits per heavy atom. The lowest BCUT2D eigenvalue weighted by molar-refractivity contribution is 0.112. The largest absolute Gasteiger partial charge is 0.505 e. The second-order valence-electron chi connectivity index (χ2n) is 9.46. The van der Waals surface area contributed by atoms with Crippen molar-refractivity contribution >= 4 is 57.6 Å². The van der Waals surface area contributed by atoms with E-state index in [1.165, 1.54) is 0 Å². The standard InChI is InChI=1S/C28H25Cl2N5O2/c29-22-12-18(13-23(30)28(22)37)17-3-5-24-20(11-17)27(21(15-36)26(33-24)16-1-2-16)34-25-6-4-19(14-32-25)35-9-7-31-8-10-35/h3-6,11-16,31,37H,1-2,7-10H2,(H,32,33,34). The number of phenolic OH excluding ortho intramolecular Hbond substituents is 1. The molecule has 188 valence electrons. The summed E-state index contributed by atoms with van der Waals surface area (Å²) in [5, 5.41) is 17.9. The van der Waals surface area contributed by atoms with E-state index in [-0.39, 0.29) is 15.8 Å². The molecule has 6 rings (SSSR count). The highest BCUT2D eigenvalue weighted by molar-refractivity contribution is 6.37. The smallest absolute Gasteiger partial charge is 0.154 e. The van der Waals surface area contributed by atoms with E-state index in [9.17, 15) is 9.90 Å². The first-order chi connectivity index (χ1) is 18.0. The van der Waals surface area contributed by atoms with E-state index in [4.69, 9.17) is 28.2 Å². The zero-order valence-corrected chi connectivity index (χ0v) is 21.5. The molecule has 3 N–H and O–H groups in total. The molecule has 1 saturated heterocycles. The van der Waals surface area contributed by atoms with Gasteiger partial charge in [-0.3, -0.25) is 9.78 Å². The summed E-state index contributed by atoms with van der Waals surface area (Å²) in [4.78, 5) is 24.2. The van der Waals surface area contributed by atoms with Crippen LogP contribution >= 0.6 is 23.2 Å². The monoisotopic (exact) mass is 533 g/mol. The topological polar surface area (TPSA) is 90.4 Å². The molecule has 9 heteroatoms. The molecule has 7 nitrogen and oxygen atoms in total. The van der Waals surface area contributed by atoms with Crippen LogP contribution in [0, 0.1) is 0 Å². The number of aromatic hydroxyl groups is 1. The van der Waals surface area contributed by atoms with Crippen LogP contribution in [0.15, 0.2) is 48.7 Å². The van der Waals surface area contributed by atoms with E-state index in [1.807, 2.05) is 30.5 Å². The van der Waals surface area contributed by atoms with Crippen molar-refractivity contribution in [1.29, 1.82) is 0 Å². The summed E-state index contributed by atoms with van der Waals surface area (Å²) in [5.41, 5.74) is 5.50. The predicted molar refractivity (Wildman–Crippen MR) is 149 cm³/mol. The number of hydrogen-bond donors (Lipinski definition) is 3. The Morgan fingerprint density at radius 1 is 1.03 bits per heavy atom. The number of piperazine rings is 1. The Balaban J connectivity index is 1.44. The van der Waals surface area contributed by atoms with E-state index < -0.39 is 0 Å². The highest BCUT2D eigenvalue weighted by Gasteiger charge is 2.30. The maximum absolute atomic E-state index is 12.4. The van der Waals surface area contributed by atoms with Gasteiger partial charge >= 0.3 is 0 Å². The SMILES string of the molecule is O=Cc1c(C2CC2)nc2ccc(-c3cc(Cl)c(O)c(Cl)c3)cc2c1Nc1ccc(N2CCNCC2)cn1. The van der Waals surface area contributed by atoms with Crippen LogP contribution in [-0.4, -0.2) is 47.5 Å². The summed E-state index contributed by atoms with van der Waals surface area (Å²) in [6, 6.07) is 13.2. The van der Waals surface area contributed by atoms with Gasteiger partial charge in [0.1, 0.15) is 5.82 Å². The number of anilines is 3. The molecule has 37 heavy (non-hydrogen) atoms. The molecule has 0 bridgehead atoms. The second kappa shape index (κ2) is 9.82. The van der Waals surface area contributed by atoms with Gasteiger partial charge in [0.25, 0.3) is 0 Å². The molecule has 0 spiro atoms. The molecule has 0 unspecified atom stereocenters. The molecule has 1 saturated carbocycles. The van der Waals surface area contributed by atoms with Crippen LogP contribution in [0.25, 0.3) is 22.0 Å². The highest BCUT2D eigenvalue weighted by atomic mass is 35.5. The molecule has 1 aliphatic heterocycles. The van der Waals surface area contributed by atoms with Crippen molar-refractivity contribution in [1.82, 2.24) is 15.3 Å². The number of phenols is 1. The van der Waals surface area contributed by atoms with E-state index in [2.05, 4.69) is 26.6 Å². The quantitative estimate of drug-likeness (QED) is 0.256. The third-order valence-electron chi connectivity index (χ3n) is 6.97. The van der Waals surface area contributed by atoms with Crippen molar-refractivity contribution in [2.75, 3.05) is 36.4 Å².